The van der Waals surface area contributed by atoms with Gasteiger partial charge in [0.05, 0.1) is 18.1 Å². The Balaban J connectivity index is 1.61. The predicted octanol–water partition coefficient (Wildman–Crippen LogP) is 2.81. The second kappa shape index (κ2) is 11.1. The van der Waals surface area contributed by atoms with Crippen molar-refractivity contribution in [2.24, 2.45) is 11.8 Å². The van der Waals surface area contributed by atoms with E-state index in [1.165, 1.54) is 28.8 Å². The van der Waals surface area contributed by atoms with Crippen LogP contribution in [0.5, 0.6) is 0 Å². The molecule has 3 aliphatic heterocycles. The van der Waals surface area contributed by atoms with Crippen molar-refractivity contribution in [1.82, 2.24) is 19.8 Å². The molecule has 2 fully saturated rings. The van der Waals surface area contributed by atoms with Crippen molar-refractivity contribution in [2.75, 3.05) is 19.8 Å². The summed E-state index contributed by atoms with van der Waals surface area (Å²) in [7, 11) is 0. The molecule has 1 aromatic heterocycles. The van der Waals surface area contributed by atoms with Gasteiger partial charge in [-0.15, -0.1) is 11.8 Å². The second-order valence-electron chi connectivity index (χ2n) is 9.68. The summed E-state index contributed by atoms with van der Waals surface area (Å²) in [6, 6.07) is -0.493. The normalized spacial score (nSPS) is 28.4. The number of imidazole rings is 1. The Kier molecular flexibility index (Phi) is 8.13. The Bertz CT molecular complexity index is 1090. The van der Waals surface area contributed by atoms with Crippen molar-refractivity contribution in [3.05, 3.63) is 54.1 Å². The van der Waals surface area contributed by atoms with Crippen LogP contribution in [0.3, 0.4) is 0 Å². The van der Waals surface area contributed by atoms with E-state index in [9.17, 15) is 19.5 Å². The maximum atomic E-state index is 13.1. The zero-order chi connectivity index (χ0) is 26.9. The summed E-state index contributed by atoms with van der Waals surface area (Å²) in [6.07, 6.45) is 5.81. The van der Waals surface area contributed by atoms with Gasteiger partial charge in [-0.05, 0) is 13.3 Å². The highest BCUT2D eigenvalue weighted by Gasteiger charge is 2.60. The third-order valence-electron chi connectivity index (χ3n) is 7.32. The molecule has 3 aliphatic rings. The molecule has 7 atom stereocenters. The Morgan fingerprint density at radius 1 is 1.30 bits per heavy atom. The van der Waals surface area contributed by atoms with Gasteiger partial charge in [0, 0.05) is 47.0 Å². The lowest BCUT2D eigenvalue weighted by Crippen LogP contribution is -2.63. The van der Waals surface area contributed by atoms with E-state index in [0.717, 1.165) is 10.7 Å². The highest BCUT2D eigenvalue weighted by atomic mass is 32.2. The summed E-state index contributed by atoms with van der Waals surface area (Å²) in [5.74, 6) is -0.917. The van der Waals surface area contributed by atoms with Gasteiger partial charge in [0.2, 0.25) is 5.91 Å². The van der Waals surface area contributed by atoms with Crippen molar-refractivity contribution in [3.8, 4) is 0 Å². The number of carbonyl (C=O) groups excluding carboxylic acids is 3. The zero-order valence-corrected chi connectivity index (χ0v) is 22.1. The molecule has 0 bridgehead atoms. The van der Waals surface area contributed by atoms with E-state index in [2.05, 4.69) is 23.1 Å². The minimum Gasteiger partial charge on any atom is -0.457 e. The number of likely N-dealkylation sites (tertiary alicyclic amines) is 1. The fourth-order valence-corrected chi connectivity index (χ4v) is 7.10. The van der Waals surface area contributed by atoms with Crippen molar-refractivity contribution in [2.45, 2.75) is 56.5 Å². The van der Waals surface area contributed by atoms with Gasteiger partial charge in [-0.1, -0.05) is 39.2 Å². The Hall–Kier alpha value is -3.05. The summed E-state index contributed by atoms with van der Waals surface area (Å²) in [6.45, 7) is 13.3. The largest absolute Gasteiger partial charge is 0.457 e. The first kappa shape index (κ1) is 27.0. The molecule has 0 saturated carbocycles. The van der Waals surface area contributed by atoms with E-state index in [4.69, 9.17) is 9.47 Å². The van der Waals surface area contributed by atoms with E-state index in [1.54, 1.807) is 24.2 Å². The van der Waals surface area contributed by atoms with Gasteiger partial charge in [-0.25, -0.2) is 14.6 Å². The molecule has 1 unspecified atom stereocenters. The topological polar surface area (TPSA) is 125 Å². The van der Waals surface area contributed by atoms with Crippen LogP contribution >= 0.6 is 11.8 Å². The van der Waals surface area contributed by atoms with Crippen molar-refractivity contribution >= 4 is 29.7 Å². The Morgan fingerprint density at radius 2 is 2.00 bits per heavy atom. The molecule has 200 valence electrons. The number of nitrogens with zero attached hydrogens (tertiary/aromatic N) is 3. The molecule has 37 heavy (non-hydrogen) atoms. The van der Waals surface area contributed by atoms with E-state index in [1.807, 2.05) is 13.8 Å². The minimum atomic E-state index is -0.828. The number of amides is 2. The van der Waals surface area contributed by atoms with Crippen LogP contribution in [0, 0.1) is 11.8 Å². The van der Waals surface area contributed by atoms with Crippen molar-refractivity contribution < 1.29 is 29.0 Å². The van der Waals surface area contributed by atoms with Crippen LogP contribution in [-0.4, -0.2) is 86.0 Å². The van der Waals surface area contributed by atoms with Gasteiger partial charge in [-0.3, -0.25) is 4.79 Å². The monoisotopic (exact) mass is 530 g/mol. The Labute approximate surface area is 220 Å². The SMILES string of the molecule is C=CCOC(=O)C1=C(S[C@H]2C[C@H](C(C)c3ncc[nH]3)N(C(=O)OCC=C)C2)[C@H](C)[C@@H]2[C@@H]([C@@H](C)O)C(=O)N12. The first-order valence-corrected chi connectivity index (χ1v) is 13.3. The molecule has 2 amide bonds. The quantitative estimate of drug-likeness (QED) is 0.269. The Morgan fingerprint density at radius 3 is 2.62 bits per heavy atom. The lowest BCUT2D eigenvalue weighted by atomic mass is 9.79. The highest BCUT2D eigenvalue weighted by Crippen LogP contribution is 2.52. The van der Waals surface area contributed by atoms with Crippen LogP contribution in [0.15, 0.2) is 48.3 Å². The van der Waals surface area contributed by atoms with Gasteiger partial charge in [0.1, 0.15) is 24.7 Å². The molecule has 0 spiro atoms. The molecular weight excluding hydrogens is 496 g/mol. The molecule has 4 rings (SSSR count). The zero-order valence-electron chi connectivity index (χ0n) is 21.3. The number of carbonyl (C=O) groups is 3. The summed E-state index contributed by atoms with van der Waals surface area (Å²) in [5.41, 5.74) is 0.231. The molecule has 1 aromatic rings. The van der Waals surface area contributed by atoms with Crippen LogP contribution in [0.4, 0.5) is 4.79 Å². The number of aliphatic hydroxyl groups is 1. The van der Waals surface area contributed by atoms with Crippen LogP contribution in [0.2, 0.25) is 0 Å². The smallest absolute Gasteiger partial charge is 0.410 e. The van der Waals surface area contributed by atoms with Crippen molar-refractivity contribution in [1.29, 1.82) is 0 Å². The third kappa shape index (κ3) is 4.94. The minimum absolute atomic E-state index is 0.0241. The second-order valence-corrected chi connectivity index (χ2v) is 11.0. The molecule has 2 saturated heterocycles. The molecule has 0 aliphatic carbocycles. The molecule has 0 aromatic carbocycles. The number of aliphatic hydroxyl groups excluding tert-OH is 1. The van der Waals surface area contributed by atoms with Crippen LogP contribution < -0.4 is 0 Å². The standard InChI is InChI=1S/C26H34N4O6S/c1-6-10-35-25(33)21-22(15(4)20-19(16(5)31)24(32)30(20)21)37-17-12-18(14(3)23-27-8-9-28-23)29(13-17)26(34)36-11-7-2/h6-9,14-20,31H,1-2,10-13H2,3-5H3,(H,27,28)/t14?,15-,16-,17+,18-,19-,20-/m1/s1. The van der Waals surface area contributed by atoms with Gasteiger partial charge < -0.3 is 29.4 Å². The van der Waals surface area contributed by atoms with E-state index < -0.39 is 24.1 Å². The number of hydrogen-bond acceptors (Lipinski definition) is 8. The van der Waals surface area contributed by atoms with Gasteiger partial charge >= 0.3 is 12.1 Å². The lowest BCUT2D eigenvalue weighted by molar-refractivity contribution is -0.164. The number of thioether (sulfide) groups is 1. The number of fused-ring (bicyclic) bond motifs is 1. The van der Waals surface area contributed by atoms with Crippen LogP contribution in [0.1, 0.15) is 38.9 Å². The number of aromatic nitrogens is 2. The molecular formula is C26H34N4O6S. The average molecular weight is 531 g/mol. The number of hydrogen-bond donors (Lipinski definition) is 2. The highest BCUT2D eigenvalue weighted by molar-refractivity contribution is 8.03. The number of ether oxygens (including phenoxy) is 2. The molecule has 4 heterocycles. The molecule has 0 radical (unpaired) electrons. The number of aromatic amines is 1. The third-order valence-corrected chi connectivity index (χ3v) is 8.81. The van der Waals surface area contributed by atoms with Crippen LogP contribution in [0.25, 0.3) is 0 Å². The summed E-state index contributed by atoms with van der Waals surface area (Å²) >= 11 is 1.50. The van der Waals surface area contributed by atoms with E-state index >= 15 is 0 Å². The maximum Gasteiger partial charge on any atom is 0.410 e. The lowest BCUT2D eigenvalue weighted by Gasteiger charge is -2.46. The van der Waals surface area contributed by atoms with Crippen molar-refractivity contribution in [3.63, 3.8) is 0 Å². The number of nitrogens with one attached hydrogen (secondary N) is 1. The average Bonchev–Trinajstić information content (AvgIpc) is 3.59. The summed E-state index contributed by atoms with van der Waals surface area (Å²) in [4.78, 5) is 50.4. The van der Waals surface area contributed by atoms with Gasteiger partial charge in [0.15, 0.2) is 0 Å². The van der Waals surface area contributed by atoms with Gasteiger partial charge in [-0.2, -0.15) is 0 Å². The molecule has 11 heteroatoms. The summed E-state index contributed by atoms with van der Waals surface area (Å²) in [5, 5.41) is 10.2. The first-order chi connectivity index (χ1) is 17.7. The number of rotatable bonds is 10. The first-order valence-electron chi connectivity index (χ1n) is 12.4. The predicted molar refractivity (Wildman–Crippen MR) is 138 cm³/mol. The fourth-order valence-electron chi connectivity index (χ4n) is 5.57. The number of esters is 1. The molecule has 2 N–H and O–H groups in total. The molecule has 10 nitrogen and oxygen atoms in total. The van der Waals surface area contributed by atoms with Gasteiger partial charge in [0.25, 0.3) is 0 Å². The number of H-pyrrole nitrogens is 1. The fraction of sp³-hybridized carbons (Fsp3) is 0.538. The van der Waals surface area contributed by atoms with E-state index in [0.29, 0.717) is 13.0 Å². The number of β-lactam (4-membered cyclic amide) rings is 1. The van der Waals surface area contributed by atoms with Crippen LogP contribution in [-0.2, 0) is 19.1 Å². The van der Waals surface area contributed by atoms with E-state index in [-0.39, 0.29) is 54.0 Å². The summed E-state index contributed by atoms with van der Waals surface area (Å²) < 4.78 is 10.7. The maximum absolute atomic E-state index is 13.1.